The number of likely N-dealkylation sites (tertiary alicyclic amines) is 1. The van der Waals surface area contributed by atoms with E-state index in [1.807, 2.05) is 12.1 Å². The van der Waals surface area contributed by atoms with E-state index in [4.69, 9.17) is 4.74 Å². The van der Waals surface area contributed by atoms with Crippen molar-refractivity contribution in [1.29, 1.82) is 0 Å². The molecule has 6 heteroatoms. The highest BCUT2D eigenvalue weighted by molar-refractivity contribution is 9.10. The molecule has 5 nitrogen and oxygen atoms in total. The van der Waals surface area contributed by atoms with Gasteiger partial charge in [-0.05, 0) is 38.0 Å². The lowest BCUT2D eigenvalue weighted by Crippen LogP contribution is -2.46. The summed E-state index contributed by atoms with van der Waals surface area (Å²) in [5.41, 5.74) is 0.636. The van der Waals surface area contributed by atoms with Crippen LogP contribution in [0.2, 0.25) is 0 Å². The average molecular weight is 355 g/mol. The number of ether oxygens (including phenoxy) is 1. The fraction of sp³-hybridized carbons (Fsp3) is 0.467. The van der Waals surface area contributed by atoms with Crippen molar-refractivity contribution in [2.75, 3.05) is 19.7 Å². The fourth-order valence-corrected chi connectivity index (χ4v) is 2.72. The summed E-state index contributed by atoms with van der Waals surface area (Å²) in [5, 5.41) is 3.02. The third-order valence-electron chi connectivity index (χ3n) is 3.44. The summed E-state index contributed by atoms with van der Waals surface area (Å²) in [6.07, 6.45) is 1.23. The first-order chi connectivity index (χ1) is 10.1. The van der Waals surface area contributed by atoms with Gasteiger partial charge in [0.2, 0.25) is 0 Å². The number of benzene rings is 1. The zero-order valence-electron chi connectivity index (χ0n) is 12.0. The van der Waals surface area contributed by atoms with E-state index in [1.165, 1.54) is 0 Å². The average Bonchev–Trinajstić information content (AvgIpc) is 2.48. The second kappa shape index (κ2) is 7.45. The molecule has 1 N–H and O–H groups in total. The molecule has 1 aliphatic heterocycles. The molecule has 1 heterocycles. The van der Waals surface area contributed by atoms with Gasteiger partial charge in [0.15, 0.2) is 0 Å². The molecule has 0 radical (unpaired) electrons. The summed E-state index contributed by atoms with van der Waals surface area (Å²) < 4.78 is 5.86. The van der Waals surface area contributed by atoms with Gasteiger partial charge in [0.1, 0.15) is 0 Å². The van der Waals surface area contributed by atoms with Crippen LogP contribution in [0.4, 0.5) is 4.79 Å². The molecular formula is C15H19BrN2O3. The predicted molar refractivity (Wildman–Crippen MR) is 83.2 cm³/mol. The van der Waals surface area contributed by atoms with Gasteiger partial charge in [0, 0.05) is 29.2 Å². The van der Waals surface area contributed by atoms with Crippen LogP contribution in [0.5, 0.6) is 0 Å². The van der Waals surface area contributed by atoms with Crippen LogP contribution in [0, 0.1) is 0 Å². The summed E-state index contributed by atoms with van der Waals surface area (Å²) in [4.78, 5) is 25.4. The topological polar surface area (TPSA) is 58.6 Å². The van der Waals surface area contributed by atoms with E-state index in [-0.39, 0.29) is 18.0 Å². The van der Waals surface area contributed by atoms with Gasteiger partial charge in [0.25, 0.3) is 5.91 Å². The Kier molecular flexibility index (Phi) is 5.61. The minimum absolute atomic E-state index is 0.0779. The molecule has 2 rings (SSSR count). The normalized spacial score (nSPS) is 15.6. The van der Waals surface area contributed by atoms with E-state index in [0.717, 1.165) is 17.3 Å². The van der Waals surface area contributed by atoms with Gasteiger partial charge in [-0.15, -0.1) is 0 Å². The summed E-state index contributed by atoms with van der Waals surface area (Å²) in [7, 11) is 0. The molecule has 1 aliphatic rings. The number of nitrogens with one attached hydrogen (secondary N) is 1. The van der Waals surface area contributed by atoms with E-state index >= 15 is 0 Å². The van der Waals surface area contributed by atoms with Crippen LogP contribution in [0.3, 0.4) is 0 Å². The Bertz CT molecular complexity index is 513. The van der Waals surface area contributed by atoms with Crippen LogP contribution in [-0.2, 0) is 4.74 Å². The molecule has 1 aromatic carbocycles. The highest BCUT2D eigenvalue weighted by Crippen LogP contribution is 2.14. The molecule has 0 atom stereocenters. The zero-order valence-corrected chi connectivity index (χ0v) is 13.6. The second-order valence-corrected chi connectivity index (χ2v) is 5.86. The number of carbonyl (C=O) groups excluding carboxylic acids is 2. The summed E-state index contributed by atoms with van der Waals surface area (Å²) >= 11 is 3.36. The van der Waals surface area contributed by atoms with Crippen molar-refractivity contribution in [1.82, 2.24) is 10.2 Å². The quantitative estimate of drug-likeness (QED) is 0.907. The number of carbonyl (C=O) groups is 2. The van der Waals surface area contributed by atoms with Crippen LogP contribution >= 0.6 is 15.9 Å². The van der Waals surface area contributed by atoms with E-state index in [2.05, 4.69) is 21.2 Å². The highest BCUT2D eigenvalue weighted by Gasteiger charge is 2.24. The van der Waals surface area contributed by atoms with Crippen LogP contribution < -0.4 is 5.32 Å². The highest BCUT2D eigenvalue weighted by atomic mass is 79.9. The molecular weight excluding hydrogens is 336 g/mol. The first-order valence-electron chi connectivity index (χ1n) is 7.08. The van der Waals surface area contributed by atoms with Gasteiger partial charge in [0.05, 0.1) is 6.61 Å². The van der Waals surface area contributed by atoms with Crippen LogP contribution in [0.25, 0.3) is 0 Å². The number of hydrogen-bond acceptors (Lipinski definition) is 3. The van der Waals surface area contributed by atoms with Crippen molar-refractivity contribution in [3.05, 3.63) is 34.3 Å². The van der Waals surface area contributed by atoms with Crippen molar-refractivity contribution in [3.63, 3.8) is 0 Å². The van der Waals surface area contributed by atoms with E-state index in [0.29, 0.717) is 25.3 Å². The Morgan fingerprint density at radius 2 is 2.10 bits per heavy atom. The van der Waals surface area contributed by atoms with Gasteiger partial charge in [-0.1, -0.05) is 22.0 Å². The molecule has 0 spiro atoms. The summed E-state index contributed by atoms with van der Waals surface area (Å²) in [6, 6.07) is 7.40. The Hall–Kier alpha value is -1.56. The molecule has 0 saturated carbocycles. The van der Waals surface area contributed by atoms with Crippen molar-refractivity contribution < 1.29 is 14.3 Å². The first kappa shape index (κ1) is 15.8. The monoisotopic (exact) mass is 354 g/mol. The smallest absolute Gasteiger partial charge is 0.409 e. The van der Waals surface area contributed by atoms with Crippen molar-refractivity contribution in [2.45, 2.75) is 25.8 Å². The van der Waals surface area contributed by atoms with Gasteiger partial charge in [-0.25, -0.2) is 4.79 Å². The number of nitrogens with zero attached hydrogens (tertiary/aromatic N) is 1. The number of rotatable bonds is 3. The maximum atomic E-state index is 12.1. The van der Waals surface area contributed by atoms with E-state index in [9.17, 15) is 9.59 Å². The Labute approximate surface area is 132 Å². The Balaban J connectivity index is 1.83. The van der Waals surface area contributed by atoms with Gasteiger partial charge in [-0.3, -0.25) is 4.79 Å². The fourth-order valence-electron chi connectivity index (χ4n) is 2.32. The maximum absolute atomic E-state index is 12.1. The third-order valence-corrected chi connectivity index (χ3v) is 3.94. The molecule has 1 aromatic rings. The molecule has 21 heavy (non-hydrogen) atoms. The number of amides is 2. The molecule has 114 valence electrons. The summed E-state index contributed by atoms with van der Waals surface area (Å²) in [5.74, 6) is -0.0779. The van der Waals surface area contributed by atoms with Gasteiger partial charge >= 0.3 is 6.09 Å². The molecule has 0 bridgehead atoms. The largest absolute Gasteiger partial charge is 0.450 e. The standard InChI is InChI=1S/C15H19BrN2O3/c1-2-21-15(20)18-8-6-13(7-9-18)17-14(19)11-4-3-5-12(16)10-11/h3-5,10,13H,2,6-9H2,1H3,(H,17,19). The molecule has 2 amide bonds. The second-order valence-electron chi connectivity index (χ2n) is 4.94. The van der Waals surface area contributed by atoms with Crippen molar-refractivity contribution >= 4 is 27.9 Å². The molecule has 0 unspecified atom stereocenters. The van der Waals surface area contributed by atoms with Crippen LogP contribution in [0.1, 0.15) is 30.1 Å². The Morgan fingerprint density at radius 3 is 2.71 bits per heavy atom. The SMILES string of the molecule is CCOC(=O)N1CCC(NC(=O)c2cccc(Br)c2)CC1. The van der Waals surface area contributed by atoms with Gasteiger partial charge < -0.3 is 15.0 Å². The lowest BCUT2D eigenvalue weighted by molar-refractivity contribution is 0.0860. The van der Waals surface area contributed by atoms with Gasteiger partial charge in [-0.2, -0.15) is 0 Å². The number of halogens is 1. The molecule has 0 aliphatic carbocycles. The third kappa shape index (κ3) is 4.46. The molecule has 1 fully saturated rings. The zero-order chi connectivity index (χ0) is 15.2. The van der Waals surface area contributed by atoms with Crippen LogP contribution in [-0.4, -0.2) is 42.6 Å². The van der Waals surface area contributed by atoms with Crippen molar-refractivity contribution in [3.8, 4) is 0 Å². The number of hydrogen-bond donors (Lipinski definition) is 1. The van der Waals surface area contributed by atoms with Crippen LogP contribution in [0.15, 0.2) is 28.7 Å². The lowest BCUT2D eigenvalue weighted by Gasteiger charge is -2.31. The van der Waals surface area contributed by atoms with E-state index < -0.39 is 0 Å². The minimum Gasteiger partial charge on any atom is -0.450 e. The lowest BCUT2D eigenvalue weighted by atomic mass is 10.0. The predicted octanol–water partition coefficient (Wildman–Crippen LogP) is 2.80. The maximum Gasteiger partial charge on any atom is 0.409 e. The first-order valence-corrected chi connectivity index (χ1v) is 7.87. The Morgan fingerprint density at radius 1 is 1.38 bits per heavy atom. The number of piperidine rings is 1. The van der Waals surface area contributed by atoms with Crippen molar-refractivity contribution in [2.24, 2.45) is 0 Å². The molecule has 0 aromatic heterocycles. The minimum atomic E-state index is -0.269. The summed E-state index contributed by atoms with van der Waals surface area (Å²) in [6.45, 7) is 3.41. The molecule has 1 saturated heterocycles. The van der Waals surface area contributed by atoms with E-state index in [1.54, 1.807) is 24.0 Å².